The normalized spacial score (nSPS) is 12.6. The molecule has 0 amide bonds. The Morgan fingerprint density at radius 1 is 1.16 bits per heavy atom. The fourth-order valence-electron chi connectivity index (χ4n) is 2.71. The molecular weight excluding hydrogens is 338 g/mol. The molecule has 0 bridgehead atoms. The van der Waals surface area contributed by atoms with E-state index in [1.165, 1.54) is 25.7 Å². The second kappa shape index (κ2) is 8.89. The van der Waals surface area contributed by atoms with Crippen LogP contribution in [-0.2, 0) is 16.6 Å². The third-order valence-corrected chi connectivity index (χ3v) is 4.43. The van der Waals surface area contributed by atoms with Gasteiger partial charge in [-0.05, 0) is 12.5 Å². The van der Waals surface area contributed by atoms with Gasteiger partial charge in [-0.1, -0.05) is 55.5 Å². The molecule has 0 saturated heterocycles. The van der Waals surface area contributed by atoms with E-state index in [-0.39, 0.29) is 5.56 Å². The highest BCUT2D eigenvalue weighted by Gasteiger charge is 2.13. The molecule has 0 aliphatic heterocycles. The second-order valence-corrected chi connectivity index (χ2v) is 7.87. The Balaban J connectivity index is 2.23. The maximum absolute atomic E-state index is 12.3. The van der Waals surface area contributed by atoms with Crippen molar-refractivity contribution in [1.29, 1.82) is 0 Å². The summed E-state index contributed by atoms with van der Waals surface area (Å²) in [5.41, 5.74) is 0.921. The fourth-order valence-corrected chi connectivity index (χ4v) is 3.11. The van der Waals surface area contributed by atoms with E-state index in [1.807, 2.05) is 12.1 Å². The average Bonchev–Trinajstić information content (AvgIpc) is 2.55. The lowest BCUT2D eigenvalue weighted by Gasteiger charge is -2.11. The first-order valence-electron chi connectivity index (χ1n) is 8.67. The van der Waals surface area contributed by atoms with Gasteiger partial charge in [0, 0.05) is 22.8 Å². The van der Waals surface area contributed by atoms with Crippen molar-refractivity contribution in [2.24, 2.45) is 4.40 Å². The highest BCUT2D eigenvalue weighted by Crippen LogP contribution is 2.15. The van der Waals surface area contributed by atoms with Crippen molar-refractivity contribution in [3.8, 4) is 0 Å². The van der Waals surface area contributed by atoms with E-state index in [2.05, 4.69) is 16.4 Å². The molecule has 0 spiro atoms. The van der Waals surface area contributed by atoms with Gasteiger partial charge in [0.15, 0.2) is 6.54 Å². The van der Waals surface area contributed by atoms with Crippen molar-refractivity contribution >= 4 is 26.8 Å². The molecule has 0 saturated carbocycles. The molecule has 1 heterocycles. The molecule has 0 atom stereocenters. The number of hydrogen-bond acceptors (Lipinski definition) is 4. The Morgan fingerprint density at radius 3 is 2.56 bits per heavy atom. The van der Waals surface area contributed by atoms with Gasteiger partial charge in [-0.3, -0.25) is 0 Å². The maximum Gasteiger partial charge on any atom is 0.249 e. The van der Waals surface area contributed by atoms with E-state index in [0.29, 0.717) is 17.4 Å². The molecule has 2 rings (SSSR count). The van der Waals surface area contributed by atoms with Gasteiger partial charge < -0.3 is 5.11 Å². The second-order valence-electron chi connectivity index (χ2n) is 6.22. The number of aryl methyl sites for hydroxylation is 1. The number of unbranched alkanes of at least 4 members (excludes halogenated alkanes) is 5. The highest BCUT2D eigenvalue weighted by molar-refractivity contribution is 7.89. The Morgan fingerprint density at radius 2 is 1.84 bits per heavy atom. The van der Waals surface area contributed by atoms with E-state index in [4.69, 9.17) is 0 Å². The van der Waals surface area contributed by atoms with Crippen LogP contribution in [-0.4, -0.2) is 25.7 Å². The van der Waals surface area contributed by atoms with Gasteiger partial charge in [-0.2, -0.15) is 4.40 Å². The van der Waals surface area contributed by atoms with Crippen molar-refractivity contribution in [3.05, 3.63) is 36.0 Å². The molecule has 0 aliphatic carbocycles. The van der Waals surface area contributed by atoms with Gasteiger partial charge in [0.1, 0.15) is 5.52 Å². The van der Waals surface area contributed by atoms with Crippen molar-refractivity contribution in [2.45, 2.75) is 52.0 Å². The number of hydrogen-bond donors (Lipinski definition) is 0. The van der Waals surface area contributed by atoms with Gasteiger partial charge in [-0.15, -0.1) is 0 Å². The van der Waals surface area contributed by atoms with Gasteiger partial charge in [0.2, 0.25) is 16.2 Å². The van der Waals surface area contributed by atoms with Crippen molar-refractivity contribution < 1.29 is 18.2 Å². The zero-order chi connectivity index (χ0) is 18.3. The summed E-state index contributed by atoms with van der Waals surface area (Å²) < 4.78 is 27.7. The SMILES string of the molecule is CCCCCCCC[n+]1cc(/C([O-])=N/S(C)(=O)=O)c2ccccc2n1. The molecule has 0 fully saturated rings. The topological polar surface area (TPSA) is 86.3 Å². The molecule has 0 radical (unpaired) electrons. The van der Waals surface area contributed by atoms with Gasteiger partial charge >= 0.3 is 0 Å². The molecular formula is C18H25N3O3S. The summed E-state index contributed by atoms with van der Waals surface area (Å²) >= 11 is 0. The predicted molar refractivity (Wildman–Crippen MR) is 96.7 cm³/mol. The molecule has 0 aliphatic rings. The first-order valence-corrected chi connectivity index (χ1v) is 10.5. The van der Waals surface area contributed by atoms with Crippen LogP contribution >= 0.6 is 0 Å². The van der Waals surface area contributed by atoms with Crippen LogP contribution in [0.15, 0.2) is 34.9 Å². The van der Waals surface area contributed by atoms with Crippen molar-refractivity contribution in [1.82, 2.24) is 5.10 Å². The molecule has 6 nitrogen and oxygen atoms in total. The van der Waals surface area contributed by atoms with Crippen LogP contribution in [0.5, 0.6) is 0 Å². The van der Waals surface area contributed by atoms with E-state index in [1.54, 1.807) is 23.0 Å². The lowest BCUT2D eigenvalue weighted by molar-refractivity contribution is -0.752. The van der Waals surface area contributed by atoms with E-state index < -0.39 is 15.9 Å². The zero-order valence-electron chi connectivity index (χ0n) is 14.8. The monoisotopic (exact) mass is 363 g/mol. The van der Waals surface area contributed by atoms with Gasteiger partial charge in [-0.25, -0.2) is 8.42 Å². The molecule has 0 N–H and O–H groups in total. The van der Waals surface area contributed by atoms with Crippen LogP contribution in [0.25, 0.3) is 10.9 Å². The van der Waals surface area contributed by atoms with Crippen LogP contribution in [0.4, 0.5) is 0 Å². The molecule has 1 aromatic heterocycles. The molecule has 2 aromatic rings. The van der Waals surface area contributed by atoms with Crippen LogP contribution in [0.3, 0.4) is 0 Å². The Labute approximate surface area is 149 Å². The summed E-state index contributed by atoms with van der Waals surface area (Å²) in [4.78, 5) is 0. The zero-order valence-corrected chi connectivity index (χ0v) is 15.6. The maximum atomic E-state index is 12.3. The number of aromatic nitrogens is 2. The van der Waals surface area contributed by atoms with Crippen LogP contribution < -0.4 is 9.79 Å². The lowest BCUT2D eigenvalue weighted by atomic mass is 10.1. The third-order valence-electron chi connectivity index (χ3n) is 3.93. The predicted octanol–water partition coefficient (Wildman–Crippen LogP) is 1.95. The summed E-state index contributed by atoms with van der Waals surface area (Å²) in [6.07, 6.45) is 9.50. The van der Waals surface area contributed by atoms with Crippen molar-refractivity contribution in [3.63, 3.8) is 0 Å². The molecule has 1 aromatic carbocycles. The molecule has 0 unspecified atom stereocenters. The van der Waals surface area contributed by atoms with E-state index in [9.17, 15) is 13.5 Å². The van der Waals surface area contributed by atoms with Crippen LogP contribution in [0.1, 0.15) is 51.0 Å². The molecule has 25 heavy (non-hydrogen) atoms. The molecule has 7 heteroatoms. The van der Waals surface area contributed by atoms with Crippen LogP contribution in [0, 0.1) is 0 Å². The minimum atomic E-state index is -3.74. The summed E-state index contributed by atoms with van der Waals surface area (Å²) in [5.74, 6) is -0.752. The average molecular weight is 363 g/mol. The Kier molecular flexibility index (Phi) is 6.87. The standard InChI is InChI=1S/C18H25N3O3S/c1-3-4-5-6-7-10-13-21-14-16(18(22)20-25(2,23)24)15-11-8-9-12-17(15)19-21/h8-9,11-12,14H,3-7,10,13H2,1-2H3. The lowest BCUT2D eigenvalue weighted by Crippen LogP contribution is -2.40. The molecule has 136 valence electrons. The summed E-state index contributed by atoms with van der Waals surface area (Å²) in [7, 11) is -3.74. The van der Waals surface area contributed by atoms with E-state index >= 15 is 0 Å². The smallest absolute Gasteiger partial charge is 0.249 e. The fraction of sp³-hybridized carbons (Fsp3) is 0.500. The van der Waals surface area contributed by atoms with Crippen molar-refractivity contribution in [2.75, 3.05) is 6.26 Å². The number of benzene rings is 1. The first kappa shape index (κ1) is 19.3. The highest BCUT2D eigenvalue weighted by atomic mass is 32.2. The third kappa shape index (κ3) is 6.08. The summed E-state index contributed by atoms with van der Waals surface area (Å²) in [6.45, 7) is 2.88. The number of rotatable bonds is 9. The van der Waals surface area contributed by atoms with E-state index in [0.717, 1.165) is 19.1 Å². The Bertz CT molecular complexity index is 848. The Hall–Kier alpha value is -2.02. The first-order chi connectivity index (χ1) is 11.9. The van der Waals surface area contributed by atoms with Gasteiger partial charge in [0.25, 0.3) is 0 Å². The quantitative estimate of drug-likeness (QED) is 0.295. The minimum Gasteiger partial charge on any atom is -0.857 e. The number of nitrogens with zero attached hydrogens (tertiary/aromatic N) is 3. The largest absolute Gasteiger partial charge is 0.857 e. The minimum absolute atomic E-state index is 0.266. The number of sulfonamides is 1. The number of fused-ring (bicyclic) bond motifs is 1. The summed E-state index contributed by atoms with van der Waals surface area (Å²) in [6, 6.07) is 7.19. The summed E-state index contributed by atoms with van der Waals surface area (Å²) in [5, 5.41) is 17.4. The van der Waals surface area contributed by atoms with Crippen LogP contribution in [0.2, 0.25) is 0 Å². The van der Waals surface area contributed by atoms with Gasteiger partial charge in [0.05, 0.1) is 11.8 Å².